The molecule has 0 spiro atoms. The Morgan fingerprint density at radius 2 is 1.69 bits per heavy atom. The van der Waals surface area contributed by atoms with Crippen molar-refractivity contribution in [2.24, 2.45) is 50.7 Å². The summed E-state index contributed by atoms with van der Waals surface area (Å²) in [4.78, 5) is 12.8. The Labute approximate surface area is 216 Å². The van der Waals surface area contributed by atoms with Gasteiger partial charge in [-0.05, 0) is 86.4 Å². The largest absolute Gasteiger partial charge is 0.481 e. The molecule has 0 aromatic carbocycles. The summed E-state index contributed by atoms with van der Waals surface area (Å²) in [6.45, 7) is 12.5. The third-order valence-corrected chi connectivity index (χ3v) is 13.5. The number of aliphatic hydroxyl groups excluding tert-OH is 3. The summed E-state index contributed by atoms with van der Waals surface area (Å²) >= 11 is 0. The quantitative estimate of drug-likeness (QED) is 0.361. The second kappa shape index (κ2) is 7.80. The molecule has 0 radical (unpaired) electrons. The first kappa shape index (κ1) is 26.6. The van der Waals surface area contributed by atoms with Crippen molar-refractivity contribution in [3.63, 3.8) is 0 Å². The summed E-state index contributed by atoms with van der Waals surface area (Å²) in [5, 5.41) is 55.6. The van der Waals surface area contributed by atoms with Crippen LogP contribution in [0.15, 0.2) is 11.6 Å². The number of rotatable bonds is 2. The zero-order valence-electron chi connectivity index (χ0n) is 23.0. The van der Waals surface area contributed by atoms with Crippen molar-refractivity contribution in [1.82, 2.24) is 0 Å². The lowest BCUT2D eigenvalue weighted by Crippen LogP contribution is -2.70. The van der Waals surface area contributed by atoms with Crippen LogP contribution in [0, 0.1) is 50.7 Å². The fraction of sp³-hybridized carbons (Fsp3) is 0.900. The molecule has 0 saturated heterocycles. The number of fused-ring (bicyclic) bond motifs is 7. The highest BCUT2D eigenvalue weighted by atomic mass is 16.4. The molecule has 5 N–H and O–H groups in total. The van der Waals surface area contributed by atoms with E-state index in [1.807, 2.05) is 20.8 Å². The minimum atomic E-state index is -1.11. The molecular weight excluding hydrogens is 456 g/mol. The van der Waals surface area contributed by atoms with Gasteiger partial charge in [-0.2, -0.15) is 0 Å². The van der Waals surface area contributed by atoms with E-state index in [0.29, 0.717) is 32.1 Å². The Balaban J connectivity index is 1.66. The van der Waals surface area contributed by atoms with Gasteiger partial charge >= 0.3 is 5.97 Å². The first-order valence-corrected chi connectivity index (χ1v) is 14.2. The van der Waals surface area contributed by atoms with Crippen molar-refractivity contribution in [3.05, 3.63) is 11.6 Å². The van der Waals surface area contributed by atoms with Crippen molar-refractivity contribution >= 4 is 5.97 Å². The van der Waals surface area contributed by atoms with Gasteiger partial charge in [-0.1, -0.05) is 46.3 Å². The predicted molar refractivity (Wildman–Crippen MR) is 137 cm³/mol. The second-order valence-corrected chi connectivity index (χ2v) is 14.7. The zero-order valence-corrected chi connectivity index (χ0v) is 23.0. The van der Waals surface area contributed by atoms with Crippen molar-refractivity contribution in [2.75, 3.05) is 6.61 Å². The summed E-state index contributed by atoms with van der Waals surface area (Å²) < 4.78 is 0. The highest BCUT2D eigenvalue weighted by Gasteiger charge is 2.73. The highest BCUT2D eigenvalue weighted by molar-refractivity contribution is 5.77. The standard InChI is InChI=1S/C30H48O6/c1-17-9-12-30(24(34)35)14-13-27(4)18(22(30)29(17,6)36)7-8-20-25(2)11-10-21(33)26(3,16-31)23(25)19(32)15-28(20,27)5/h7,17,19-23,31-33,36H,8-16H2,1-6H3,(H,34,35)/t17-,19-,20-,21+,22-,23+,25-,26+,27-,28-,29-,30+/m1/s1. The molecule has 0 heterocycles. The predicted octanol–water partition coefficient (Wildman–Crippen LogP) is 4.15. The maximum Gasteiger partial charge on any atom is 0.310 e. The topological polar surface area (TPSA) is 118 Å². The number of aliphatic hydroxyl groups is 4. The van der Waals surface area contributed by atoms with Gasteiger partial charge < -0.3 is 25.5 Å². The fourth-order valence-corrected chi connectivity index (χ4v) is 11.0. The van der Waals surface area contributed by atoms with E-state index in [2.05, 4.69) is 26.8 Å². The first-order valence-electron chi connectivity index (χ1n) is 14.2. The van der Waals surface area contributed by atoms with E-state index in [4.69, 9.17) is 0 Å². The number of carboxylic acid groups (broad SMARTS) is 1. The van der Waals surface area contributed by atoms with E-state index >= 15 is 0 Å². The van der Waals surface area contributed by atoms with Gasteiger partial charge in [0.05, 0.1) is 29.8 Å². The Kier molecular flexibility index (Phi) is 5.77. The molecule has 4 fully saturated rings. The molecule has 5 rings (SSSR count). The average molecular weight is 505 g/mol. The number of hydrogen-bond donors (Lipinski definition) is 5. The maximum atomic E-state index is 12.8. The van der Waals surface area contributed by atoms with E-state index < -0.39 is 40.5 Å². The van der Waals surface area contributed by atoms with Crippen LogP contribution in [0.25, 0.3) is 0 Å². The van der Waals surface area contributed by atoms with Gasteiger partial charge in [0.2, 0.25) is 0 Å². The van der Waals surface area contributed by atoms with Crippen LogP contribution in [0.5, 0.6) is 0 Å². The molecule has 36 heavy (non-hydrogen) atoms. The molecule has 0 unspecified atom stereocenters. The van der Waals surface area contributed by atoms with E-state index in [1.165, 1.54) is 0 Å². The molecule has 0 bridgehead atoms. The van der Waals surface area contributed by atoms with Crippen molar-refractivity contribution in [1.29, 1.82) is 0 Å². The Morgan fingerprint density at radius 3 is 2.31 bits per heavy atom. The van der Waals surface area contributed by atoms with Crippen LogP contribution in [-0.2, 0) is 4.79 Å². The summed E-state index contributed by atoms with van der Waals surface area (Å²) in [5.74, 6) is -1.21. The number of carbonyl (C=O) groups is 1. The maximum absolute atomic E-state index is 12.8. The minimum Gasteiger partial charge on any atom is -0.481 e. The van der Waals surface area contributed by atoms with Crippen molar-refractivity contribution < 1.29 is 30.3 Å². The van der Waals surface area contributed by atoms with E-state index in [9.17, 15) is 30.3 Å². The first-order chi connectivity index (χ1) is 16.6. The molecule has 0 aromatic rings. The summed E-state index contributed by atoms with van der Waals surface area (Å²) in [7, 11) is 0. The van der Waals surface area contributed by atoms with Gasteiger partial charge in [-0.15, -0.1) is 0 Å². The molecule has 0 aliphatic heterocycles. The van der Waals surface area contributed by atoms with Crippen LogP contribution in [0.3, 0.4) is 0 Å². The molecule has 4 saturated carbocycles. The lowest BCUT2D eigenvalue weighted by atomic mass is 9.32. The monoisotopic (exact) mass is 504 g/mol. The van der Waals surface area contributed by atoms with Crippen LogP contribution in [-0.4, -0.2) is 55.9 Å². The molecule has 0 amide bonds. The van der Waals surface area contributed by atoms with Crippen molar-refractivity contribution in [3.8, 4) is 0 Å². The van der Waals surface area contributed by atoms with Crippen LogP contribution in [0.4, 0.5) is 0 Å². The van der Waals surface area contributed by atoms with Gasteiger partial charge in [0, 0.05) is 17.3 Å². The molecule has 204 valence electrons. The van der Waals surface area contributed by atoms with Gasteiger partial charge in [0.1, 0.15) is 0 Å². The average Bonchev–Trinajstić information content (AvgIpc) is 2.79. The van der Waals surface area contributed by atoms with Crippen molar-refractivity contribution in [2.45, 2.75) is 111 Å². The fourth-order valence-electron chi connectivity index (χ4n) is 11.0. The van der Waals surface area contributed by atoms with E-state index in [-0.39, 0.29) is 40.6 Å². The smallest absolute Gasteiger partial charge is 0.310 e. The Morgan fingerprint density at radius 1 is 1.03 bits per heavy atom. The summed E-state index contributed by atoms with van der Waals surface area (Å²) in [6.07, 6.45) is 6.26. The summed E-state index contributed by atoms with van der Waals surface area (Å²) in [6, 6.07) is 0. The number of aliphatic carboxylic acids is 1. The van der Waals surface area contributed by atoms with E-state index in [0.717, 1.165) is 24.8 Å². The SMILES string of the molecule is C[C@@H]1CC[C@]2(C(=O)O)CC[C@]3(C)C(=CC[C@@H]4[C@@]5(C)CC[C@H](O)[C@](C)(CO)[C@H]5[C@H](O)C[C@]43C)[C@@H]2[C@]1(C)O. The summed E-state index contributed by atoms with van der Waals surface area (Å²) in [5.41, 5.74) is -2.62. The number of allylic oxidation sites excluding steroid dienone is 1. The minimum absolute atomic E-state index is 0.00712. The van der Waals surface area contributed by atoms with Gasteiger partial charge in [-0.3, -0.25) is 4.79 Å². The molecule has 5 aliphatic rings. The lowest BCUT2D eigenvalue weighted by Gasteiger charge is -2.72. The molecular formula is C30H48O6. The molecule has 6 nitrogen and oxygen atoms in total. The molecule has 0 aromatic heterocycles. The van der Waals surface area contributed by atoms with Crippen LogP contribution in [0.1, 0.15) is 92.9 Å². The van der Waals surface area contributed by atoms with Gasteiger partial charge in [0.15, 0.2) is 0 Å². The zero-order chi connectivity index (χ0) is 26.7. The highest BCUT2D eigenvalue weighted by Crippen LogP contribution is 2.76. The molecule has 5 aliphatic carbocycles. The van der Waals surface area contributed by atoms with Crippen LogP contribution in [0.2, 0.25) is 0 Å². The number of hydrogen-bond acceptors (Lipinski definition) is 5. The van der Waals surface area contributed by atoms with Crippen LogP contribution >= 0.6 is 0 Å². The third-order valence-electron chi connectivity index (χ3n) is 13.5. The third kappa shape index (κ3) is 2.91. The van der Waals surface area contributed by atoms with E-state index in [1.54, 1.807) is 0 Å². The lowest BCUT2D eigenvalue weighted by molar-refractivity contribution is -0.255. The molecule has 6 heteroatoms. The van der Waals surface area contributed by atoms with Gasteiger partial charge in [-0.25, -0.2) is 0 Å². The number of carboxylic acids is 1. The Hall–Kier alpha value is -0.950. The van der Waals surface area contributed by atoms with Crippen LogP contribution < -0.4 is 0 Å². The molecule has 12 atom stereocenters. The van der Waals surface area contributed by atoms with Gasteiger partial charge in [0.25, 0.3) is 0 Å². The second-order valence-electron chi connectivity index (χ2n) is 14.7. The Bertz CT molecular complexity index is 974. The normalized spacial score (nSPS) is 58.6.